The van der Waals surface area contributed by atoms with Gasteiger partial charge in [-0.3, -0.25) is 0 Å². The van der Waals surface area contributed by atoms with Gasteiger partial charge in [-0.1, -0.05) is 32.5 Å². The molecule has 0 radical (unpaired) electrons. The third-order valence-corrected chi connectivity index (χ3v) is 6.13. The highest BCUT2D eigenvalue weighted by molar-refractivity contribution is 7.98. The Hall–Kier alpha value is -0.850. The van der Waals surface area contributed by atoms with E-state index in [1.54, 1.807) is 11.8 Å². The number of nitrogen functional groups attached to an aromatic ring is 1. The molecular weight excluding hydrogens is 300 g/mol. The van der Waals surface area contributed by atoms with Crippen LogP contribution in [-0.2, 0) is 12.8 Å². The van der Waals surface area contributed by atoms with E-state index in [1.165, 1.54) is 16.9 Å². The van der Waals surface area contributed by atoms with Crippen molar-refractivity contribution in [1.82, 2.24) is 9.97 Å². The van der Waals surface area contributed by atoms with Crippen LogP contribution < -0.4 is 11.3 Å². The summed E-state index contributed by atoms with van der Waals surface area (Å²) in [5.74, 6) is 7.19. The minimum Gasteiger partial charge on any atom is -0.308 e. The molecule has 0 saturated carbocycles. The fourth-order valence-corrected chi connectivity index (χ4v) is 4.82. The molecule has 0 unspecified atom stereocenters. The van der Waals surface area contributed by atoms with Crippen molar-refractivity contribution >= 4 is 39.1 Å². The van der Waals surface area contributed by atoms with Crippen LogP contribution in [0.3, 0.4) is 0 Å². The number of hydrogen-bond donors (Lipinski definition) is 2. The molecule has 6 heteroatoms. The Morgan fingerprint density at radius 3 is 2.71 bits per heavy atom. The van der Waals surface area contributed by atoms with Gasteiger partial charge in [0.2, 0.25) is 0 Å². The first-order valence-electron chi connectivity index (χ1n) is 7.27. The topological polar surface area (TPSA) is 63.8 Å². The Balaban J connectivity index is 2.11. The lowest BCUT2D eigenvalue weighted by molar-refractivity contribution is 0.218. The second kappa shape index (κ2) is 5.41. The number of nitrogens with two attached hydrogens (primary N) is 1. The first kappa shape index (κ1) is 15.1. The van der Waals surface area contributed by atoms with E-state index in [0.29, 0.717) is 5.41 Å². The molecule has 0 spiro atoms. The molecule has 0 saturated heterocycles. The minimum atomic E-state index is 0.360. The zero-order valence-corrected chi connectivity index (χ0v) is 14.6. The molecule has 1 aliphatic rings. The van der Waals surface area contributed by atoms with Crippen LogP contribution in [0.2, 0.25) is 0 Å². The summed E-state index contributed by atoms with van der Waals surface area (Å²) >= 11 is 3.37. The average molecular weight is 323 g/mol. The molecule has 0 fully saturated rings. The second-order valence-corrected chi connectivity index (χ2v) is 8.55. The van der Waals surface area contributed by atoms with Gasteiger partial charge in [-0.05, 0) is 42.4 Å². The van der Waals surface area contributed by atoms with Gasteiger partial charge in [0, 0.05) is 4.88 Å². The van der Waals surface area contributed by atoms with Crippen molar-refractivity contribution in [3.05, 3.63) is 10.4 Å². The van der Waals surface area contributed by atoms with Crippen LogP contribution in [-0.4, -0.2) is 16.2 Å². The maximum absolute atomic E-state index is 5.68. The summed E-state index contributed by atoms with van der Waals surface area (Å²) in [6.07, 6.45) is 5.48. The number of anilines is 1. The van der Waals surface area contributed by atoms with Gasteiger partial charge in [0.15, 0.2) is 11.0 Å². The van der Waals surface area contributed by atoms with Crippen LogP contribution in [0.15, 0.2) is 5.16 Å². The molecule has 2 aromatic heterocycles. The van der Waals surface area contributed by atoms with Crippen molar-refractivity contribution in [2.45, 2.75) is 45.2 Å². The molecule has 0 bridgehead atoms. The lowest BCUT2D eigenvalue weighted by Gasteiger charge is -2.33. The molecule has 0 aromatic carbocycles. The SMILES string of the molecule is CSc1nc(NN)c2c3c(sc2n1)C[C@@H](C(C)(C)C)CC3. The maximum atomic E-state index is 5.68. The number of rotatable bonds is 2. The fraction of sp³-hybridized carbons (Fsp3) is 0.600. The number of hydrazine groups is 1. The zero-order valence-electron chi connectivity index (χ0n) is 13.0. The Labute approximate surface area is 133 Å². The van der Waals surface area contributed by atoms with E-state index >= 15 is 0 Å². The summed E-state index contributed by atoms with van der Waals surface area (Å²) < 4.78 is 0. The third-order valence-electron chi connectivity index (χ3n) is 4.43. The summed E-state index contributed by atoms with van der Waals surface area (Å²) in [4.78, 5) is 11.7. The van der Waals surface area contributed by atoms with Crippen LogP contribution in [0.1, 0.15) is 37.6 Å². The molecule has 2 heterocycles. The van der Waals surface area contributed by atoms with Crippen molar-refractivity contribution in [3.8, 4) is 0 Å². The van der Waals surface area contributed by atoms with Gasteiger partial charge < -0.3 is 5.43 Å². The smallest absolute Gasteiger partial charge is 0.190 e. The summed E-state index contributed by atoms with van der Waals surface area (Å²) in [5, 5.41) is 1.92. The molecule has 1 aliphatic carbocycles. The second-order valence-electron chi connectivity index (χ2n) is 6.69. The molecule has 0 aliphatic heterocycles. The molecule has 3 rings (SSSR count). The maximum Gasteiger partial charge on any atom is 0.190 e. The number of aryl methyl sites for hydroxylation is 1. The number of thiophene rings is 1. The predicted molar refractivity (Wildman–Crippen MR) is 92.0 cm³/mol. The first-order chi connectivity index (χ1) is 9.94. The van der Waals surface area contributed by atoms with Crippen LogP contribution in [0, 0.1) is 11.3 Å². The highest BCUT2D eigenvalue weighted by Gasteiger charge is 2.31. The Morgan fingerprint density at radius 1 is 1.33 bits per heavy atom. The number of aromatic nitrogens is 2. The van der Waals surface area contributed by atoms with Gasteiger partial charge in [0.1, 0.15) is 4.83 Å². The molecule has 114 valence electrons. The number of fused-ring (bicyclic) bond motifs is 3. The average Bonchev–Trinajstić information content (AvgIpc) is 2.82. The normalized spacial score (nSPS) is 18.8. The molecule has 2 aromatic rings. The van der Waals surface area contributed by atoms with Crippen LogP contribution in [0.5, 0.6) is 0 Å². The van der Waals surface area contributed by atoms with E-state index < -0.39 is 0 Å². The molecule has 1 atom stereocenters. The molecular formula is C15H22N4S2. The Morgan fingerprint density at radius 2 is 2.10 bits per heavy atom. The number of nitrogens with one attached hydrogen (secondary N) is 1. The van der Waals surface area contributed by atoms with Crippen molar-refractivity contribution in [2.75, 3.05) is 11.7 Å². The van der Waals surface area contributed by atoms with Gasteiger partial charge in [0.05, 0.1) is 5.39 Å². The first-order valence-corrected chi connectivity index (χ1v) is 9.31. The van der Waals surface area contributed by atoms with E-state index in [1.807, 2.05) is 17.6 Å². The minimum absolute atomic E-state index is 0.360. The number of nitrogens with zero attached hydrogens (tertiary/aromatic N) is 2. The lowest BCUT2D eigenvalue weighted by atomic mass is 9.72. The summed E-state index contributed by atoms with van der Waals surface area (Å²) in [6, 6.07) is 0. The van der Waals surface area contributed by atoms with Crippen LogP contribution in [0.25, 0.3) is 10.2 Å². The summed E-state index contributed by atoms with van der Waals surface area (Å²) in [6.45, 7) is 7.03. The summed E-state index contributed by atoms with van der Waals surface area (Å²) in [7, 11) is 0. The molecule has 4 nitrogen and oxygen atoms in total. The largest absolute Gasteiger partial charge is 0.308 e. The van der Waals surface area contributed by atoms with Gasteiger partial charge >= 0.3 is 0 Å². The van der Waals surface area contributed by atoms with Crippen molar-refractivity contribution in [1.29, 1.82) is 0 Å². The van der Waals surface area contributed by atoms with Crippen LogP contribution in [0.4, 0.5) is 5.82 Å². The fourth-order valence-electron chi connectivity index (χ4n) is 3.09. The standard InChI is InChI=1S/C15H22N4S2/c1-15(2,3)8-5-6-9-10(7-8)21-13-11(9)12(19-16)17-14(18-13)20-4/h8H,5-7,16H2,1-4H3,(H,17,18,19)/t8-/m0/s1. The number of thioether (sulfide) groups is 1. The van der Waals surface area contributed by atoms with E-state index in [9.17, 15) is 0 Å². The van der Waals surface area contributed by atoms with E-state index in [-0.39, 0.29) is 0 Å². The molecule has 0 amide bonds. The number of hydrogen-bond acceptors (Lipinski definition) is 6. The predicted octanol–water partition coefficient (Wildman–Crippen LogP) is 3.85. The Kier molecular flexibility index (Phi) is 3.88. The van der Waals surface area contributed by atoms with E-state index in [0.717, 1.165) is 40.0 Å². The highest BCUT2D eigenvalue weighted by Crippen LogP contribution is 2.44. The van der Waals surface area contributed by atoms with Gasteiger partial charge in [-0.25, -0.2) is 15.8 Å². The summed E-state index contributed by atoms with van der Waals surface area (Å²) in [5.41, 5.74) is 4.54. The quantitative estimate of drug-likeness (QED) is 0.380. The highest BCUT2D eigenvalue weighted by atomic mass is 32.2. The van der Waals surface area contributed by atoms with Gasteiger partial charge in [0.25, 0.3) is 0 Å². The van der Waals surface area contributed by atoms with Crippen LogP contribution >= 0.6 is 23.1 Å². The zero-order chi connectivity index (χ0) is 15.2. The Bertz CT molecular complexity index is 672. The van der Waals surface area contributed by atoms with Gasteiger partial charge in [-0.2, -0.15) is 0 Å². The third kappa shape index (κ3) is 2.64. The van der Waals surface area contributed by atoms with E-state index in [4.69, 9.17) is 5.84 Å². The monoisotopic (exact) mass is 322 g/mol. The molecule has 21 heavy (non-hydrogen) atoms. The van der Waals surface area contributed by atoms with Crippen molar-refractivity contribution in [3.63, 3.8) is 0 Å². The van der Waals surface area contributed by atoms with Crippen molar-refractivity contribution < 1.29 is 0 Å². The van der Waals surface area contributed by atoms with E-state index in [2.05, 4.69) is 36.2 Å². The van der Waals surface area contributed by atoms with Crippen molar-refractivity contribution in [2.24, 2.45) is 17.2 Å². The van der Waals surface area contributed by atoms with Gasteiger partial charge in [-0.15, -0.1) is 11.3 Å². The molecule has 3 N–H and O–H groups in total. The lowest BCUT2D eigenvalue weighted by Crippen LogP contribution is -2.26.